The fourth-order valence-corrected chi connectivity index (χ4v) is 2.33. The standard InChI is InChI=1S/C15H20N2O/c16-10-9-15(13-6-2-1-3-7-13)17-12-14-8-4-5-11-18-14/h1-3,6-7,14-15,17H,4-5,8-9,11-12H2. The lowest BCUT2D eigenvalue weighted by Gasteiger charge is -2.25. The van der Waals surface area contributed by atoms with Crippen molar-refractivity contribution in [3.63, 3.8) is 0 Å². The van der Waals surface area contributed by atoms with E-state index in [0.717, 1.165) is 19.6 Å². The van der Waals surface area contributed by atoms with Crippen LogP contribution in [-0.2, 0) is 4.74 Å². The zero-order valence-electron chi connectivity index (χ0n) is 10.6. The van der Waals surface area contributed by atoms with Crippen LogP contribution < -0.4 is 5.32 Å². The summed E-state index contributed by atoms with van der Waals surface area (Å²) in [4.78, 5) is 0. The molecule has 3 nitrogen and oxygen atoms in total. The van der Waals surface area contributed by atoms with Crippen molar-refractivity contribution in [2.24, 2.45) is 0 Å². The van der Waals surface area contributed by atoms with Gasteiger partial charge in [0.15, 0.2) is 0 Å². The van der Waals surface area contributed by atoms with Crippen LogP contribution in [0.15, 0.2) is 30.3 Å². The monoisotopic (exact) mass is 244 g/mol. The van der Waals surface area contributed by atoms with E-state index in [9.17, 15) is 0 Å². The van der Waals surface area contributed by atoms with Crippen LogP contribution in [0.5, 0.6) is 0 Å². The maximum absolute atomic E-state index is 8.91. The van der Waals surface area contributed by atoms with E-state index in [1.807, 2.05) is 18.2 Å². The topological polar surface area (TPSA) is 45.0 Å². The molecular weight excluding hydrogens is 224 g/mol. The van der Waals surface area contributed by atoms with Gasteiger partial charge in [-0.2, -0.15) is 5.26 Å². The number of rotatable bonds is 5. The Hall–Kier alpha value is -1.37. The number of nitrogens with one attached hydrogen (secondary N) is 1. The molecule has 0 saturated carbocycles. The summed E-state index contributed by atoms with van der Waals surface area (Å²) in [5, 5.41) is 12.4. The number of benzene rings is 1. The van der Waals surface area contributed by atoms with E-state index in [4.69, 9.17) is 10.00 Å². The third-order valence-electron chi connectivity index (χ3n) is 3.36. The highest BCUT2D eigenvalue weighted by molar-refractivity contribution is 5.19. The molecule has 1 heterocycles. The molecule has 18 heavy (non-hydrogen) atoms. The van der Waals surface area contributed by atoms with Crippen LogP contribution in [0.3, 0.4) is 0 Å². The predicted octanol–water partition coefficient (Wildman–Crippen LogP) is 2.80. The Kier molecular flexibility index (Phi) is 5.19. The molecular formula is C15H20N2O. The summed E-state index contributed by atoms with van der Waals surface area (Å²) in [5.41, 5.74) is 1.18. The molecule has 2 atom stereocenters. The van der Waals surface area contributed by atoms with Gasteiger partial charge in [0, 0.05) is 19.2 Å². The van der Waals surface area contributed by atoms with E-state index < -0.39 is 0 Å². The second-order valence-corrected chi connectivity index (χ2v) is 4.72. The fraction of sp³-hybridized carbons (Fsp3) is 0.533. The first-order valence-corrected chi connectivity index (χ1v) is 6.67. The fourth-order valence-electron chi connectivity index (χ4n) is 2.33. The van der Waals surface area contributed by atoms with Crippen LogP contribution in [0.1, 0.15) is 37.3 Å². The molecule has 1 N–H and O–H groups in total. The molecule has 3 heteroatoms. The highest BCUT2D eigenvalue weighted by Crippen LogP contribution is 2.17. The lowest BCUT2D eigenvalue weighted by atomic mass is 10.0. The van der Waals surface area contributed by atoms with Crippen LogP contribution >= 0.6 is 0 Å². The molecule has 0 radical (unpaired) electrons. The number of hydrogen-bond donors (Lipinski definition) is 1. The van der Waals surface area contributed by atoms with Gasteiger partial charge in [0.1, 0.15) is 0 Å². The number of hydrogen-bond acceptors (Lipinski definition) is 3. The molecule has 1 aliphatic heterocycles. The number of nitrogens with zero attached hydrogens (tertiary/aromatic N) is 1. The quantitative estimate of drug-likeness (QED) is 0.866. The van der Waals surface area contributed by atoms with Gasteiger partial charge in [0.05, 0.1) is 18.6 Å². The zero-order chi connectivity index (χ0) is 12.6. The zero-order valence-corrected chi connectivity index (χ0v) is 10.6. The predicted molar refractivity (Wildman–Crippen MR) is 71.0 cm³/mol. The van der Waals surface area contributed by atoms with Gasteiger partial charge in [-0.1, -0.05) is 30.3 Å². The summed E-state index contributed by atoms with van der Waals surface area (Å²) >= 11 is 0. The first-order valence-electron chi connectivity index (χ1n) is 6.67. The Bertz CT molecular complexity index is 379. The Balaban J connectivity index is 1.88. The SMILES string of the molecule is N#CCC(NCC1CCCCO1)c1ccccc1. The van der Waals surface area contributed by atoms with E-state index >= 15 is 0 Å². The first-order chi connectivity index (χ1) is 8.90. The summed E-state index contributed by atoms with van der Waals surface area (Å²) in [7, 11) is 0. The van der Waals surface area contributed by atoms with Gasteiger partial charge in [-0.25, -0.2) is 0 Å². The third kappa shape index (κ3) is 3.83. The Morgan fingerprint density at radius 1 is 1.33 bits per heavy atom. The normalized spacial score (nSPS) is 21.2. The maximum Gasteiger partial charge on any atom is 0.0699 e. The van der Waals surface area contributed by atoms with E-state index in [2.05, 4.69) is 23.5 Å². The highest BCUT2D eigenvalue weighted by atomic mass is 16.5. The average Bonchev–Trinajstić information content (AvgIpc) is 2.45. The molecule has 0 bridgehead atoms. The van der Waals surface area contributed by atoms with Gasteiger partial charge in [-0.05, 0) is 24.8 Å². The Morgan fingerprint density at radius 3 is 2.83 bits per heavy atom. The number of ether oxygens (including phenoxy) is 1. The van der Waals surface area contributed by atoms with Crippen LogP contribution in [-0.4, -0.2) is 19.3 Å². The third-order valence-corrected chi connectivity index (χ3v) is 3.36. The molecule has 96 valence electrons. The average molecular weight is 244 g/mol. The van der Waals surface area contributed by atoms with Crippen molar-refractivity contribution in [3.8, 4) is 6.07 Å². The van der Waals surface area contributed by atoms with E-state index in [-0.39, 0.29) is 6.04 Å². The molecule has 2 rings (SSSR count). The van der Waals surface area contributed by atoms with Crippen molar-refractivity contribution in [2.75, 3.05) is 13.2 Å². The lowest BCUT2D eigenvalue weighted by molar-refractivity contribution is 0.0154. The largest absolute Gasteiger partial charge is 0.377 e. The second kappa shape index (κ2) is 7.15. The van der Waals surface area contributed by atoms with Crippen LogP contribution in [0.2, 0.25) is 0 Å². The minimum atomic E-state index is 0.113. The van der Waals surface area contributed by atoms with E-state index in [0.29, 0.717) is 12.5 Å². The Labute approximate surface area is 109 Å². The van der Waals surface area contributed by atoms with Crippen molar-refractivity contribution < 1.29 is 4.74 Å². The van der Waals surface area contributed by atoms with Crippen molar-refractivity contribution in [1.29, 1.82) is 5.26 Å². The molecule has 1 aliphatic rings. The maximum atomic E-state index is 8.91. The van der Waals surface area contributed by atoms with Crippen LogP contribution in [0.25, 0.3) is 0 Å². The summed E-state index contributed by atoms with van der Waals surface area (Å²) in [6.45, 7) is 1.71. The minimum absolute atomic E-state index is 0.113. The summed E-state index contributed by atoms with van der Waals surface area (Å²) in [6.07, 6.45) is 4.36. The van der Waals surface area contributed by atoms with Gasteiger partial charge >= 0.3 is 0 Å². The summed E-state index contributed by atoms with van der Waals surface area (Å²) in [5.74, 6) is 0. The molecule has 1 fully saturated rings. The van der Waals surface area contributed by atoms with Gasteiger partial charge in [0.2, 0.25) is 0 Å². The second-order valence-electron chi connectivity index (χ2n) is 4.72. The van der Waals surface area contributed by atoms with Crippen LogP contribution in [0.4, 0.5) is 0 Å². The van der Waals surface area contributed by atoms with E-state index in [1.165, 1.54) is 18.4 Å². The van der Waals surface area contributed by atoms with Gasteiger partial charge in [0.25, 0.3) is 0 Å². The molecule has 1 aromatic carbocycles. The summed E-state index contributed by atoms with van der Waals surface area (Å²) in [6, 6.07) is 12.5. The number of nitriles is 1. The van der Waals surface area contributed by atoms with E-state index in [1.54, 1.807) is 0 Å². The highest BCUT2D eigenvalue weighted by Gasteiger charge is 2.16. The molecule has 0 amide bonds. The van der Waals surface area contributed by atoms with Crippen molar-refractivity contribution >= 4 is 0 Å². The molecule has 2 unspecified atom stereocenters. The van der Waals surface area contributed by atoms with Crippen molar-refractivity contribution in [1.82, 2.24) is 5.32 Å². The molecule has 0 aromatic heterocycles. The summed E-state index contributed by atoms with van der Waals surface area (Å²) < 4.78 is 5.70. The minimum Gasteiger partial charge on any atom is -0.377 e. The van der Waals surface area contributed by atoms with Gasteiger partial charge in [-0.15, -0.1) is 0 Å². The van der Waals surface area contributed by atoms with Gasteiger partial charge in [-0.3, -0.25) is 0 Å². The van der Waals surface area contributed by atoms with Gasteiger partial charge < -0.3 is 10.1 Å². The molecule has 0 spiro atoms. The first kappa shape index (κ1) is 13.1. The van der Waals surface area contributed by atoms with Crippen LogP contribution in [0, 0.1) is 11.3 Å². The van der Waals surface area contributed by atoms with Crippen molar-refractivity contribution in [3.05, 3.63) is 35.9 Å². The molecule has 0 aliphatic carbocycles. The lowest BCUT2D eigenvalue weighted by Crippen LogP contribution is -2.34. The Morgan fingerprint density at radius 2 is 2.17 bits per heavy atom. The van der Waals surface area contributed by atoms with Crippen molar-refractivity contribution in [2.45, 2.75) is 37.8 Å². The smallest absolute Gasteiger partial charge is 0.0699 e. The molecule has 1 aromatic rings. The molecule has 1 saturated heterocycles.